The highest BCUT2D eigenvalue weighted by Gasteiger charge is 2.31. The van der Waals surface area contributed by atoms with Crippen molar-refractivity contribution in [3.8, 4) is 0 Å². The number of esters is 1. The summed E-state index contributed by atoms with van der Waals surface area (Å²) in [4.78, 5) is 24.0. The average molecular weight is 316 g/mol. The van der Waals surface area contributed by atoms with Crippen LogP contribution in [0, 0.1) is 0 Å². The van der Waals surface area contributed by atoms with E-state index in [2.05, 4.69) is 29.7 Å². The minimum atomic E-state index is -0.483. The first-order valence-corrected chi connectivity index (χ1v) is 8.11. The van der Waals surface area contributed by atoms with Crippen LogP contribution in [-0.4, -0.2) is 18.6 Å². The van der Waals surface area contributed by atoms with Crippen molar-refractivity contribution in [1.82, 2.24) is 10.6 Å². The van der Waals surface area contributed by atoms with E-state index in [1.165, 1.54) is 5.56 Å². The van der Waals surface area contributed by atoms with Crippen LogP contribution in [0.2, 0.25) is 0 Å². The lowest BCUT2D eigenvalue weighted by atomic mass is 9.94. The Balaban J connectivity index is 2.28. The summed E-state index contributed by atoms with van der Waals surface area (Å²) >= 11 is 0. The molecule has 0 aromatic heterocycles. The Morgan fingerprint density at radius 1 is 1.22 bits per heavy atom. The molecule has 1 atom stereocenters. The minimum Gasteiger partial charge on any atom is -0.463 e. The molecule has 1 aliphatic heterocycles. The van der Waals surface area contributed by atoms with Crippen LogP contribution < -0.4 is 10.6 Å². The number of rotatable bonds is 6. The Hall–Kier alpha value is -2.30. The zero-order chi connectivity index (χ0) is 16.8. The molecule has 2 amide bonds. The lowest BCUT2D eigenvalue weighted by Crippen LogP contribution is -2.45. The van der Waals surface area contributed by atoms with Crippen LogP contribution >= 0.6 is 0 Å². The van der Waals surface area contributed by atoms with E-state index in [9.17, 15) is 9.59 Å². The molecule has 5 heteroatoms. The predicted octanol–water partition coefficient (Wildman–Crippen LogP) is 3.22. The molecule has 5 nitrogen and oxygen atoms in total. The molecular formula is C18H24N2O3. The van der Waals surface area contributed by atoms with Gasteiger partial charge in [-0.15, -0.1) is 0 Å². The van der Waals surface area contributed by atoms with Crippen molar-refractivity contribution in [3.05, 3.63) is 46.7 Å². The third-order valence-electron chi connectivity index (χ3n) is 3.90. The van der Waals surface area contributed by atoms with Crippen molar-refractivity contribution < 1.29 is 14.3 Å². The van der Waals surface area contributed by atoms with E-state index in [1.54, 1.807) is 13.8 Å². The van der Waals surface area contributed by atoms with Gasteiger partial charge in [0.2, 0.25) is 0 Å². The van der Waals surface area contributed by atoms with Crippen LogP contribution in [0.3, 0.4) is 0 Å². The van der Waals surface area contributed by atoms with Crippen LogP contribution in [-0.2, 0) is 16.0 Å². The lowest BCUT2D eigenvalue weighted by molar-refractivity contribution is -0.139. The molecule has 0 bridgehead atoms. The van der Waals surface area contributed by atoms with Gasteiger partial charge >= 0.3 is 12.0 Å². The first-order chi connectivity index (χ1) is 11.1. The number of nitrogens with one attached hydrogen (secondary N) is 2. The van der Waals surface area contributed by atoms with Gasteiger partial charge in [0.15, 0.2) is 0 Å². The Kier molecular flexibility index (Phi) is 5.79. The molecule has 2 N–H and O–H groups in total. The molecule has 0 radical (unpaired) electrons. The standard InChI is InChI=1S/C18H24N2O3/c1-4-6-7-13-8-10-14(11-9-13)16-15(17(21)23-5-2)12(3)19-18(22)20-16/h8-11,16H,4-7H2,1-3H3,(H2,19,20,22)/t16-/m0/s1. The fourth-order valence-electron chi connectivity index (χ4n) is 2.68. The van der Waals surface area contributed by atoms with Gasteiger partial charge in [0, 0.05) is 5.70 Å². The van der Waals surface area contributed by atoms with Crippen LogP contribution in [0.5, 0.6) is 0 Å². The molecule has 0 saturated heterocycles. The average Bonchev–Trinajstić information content (AvgIpc) is 2.52. The van der Waals surface area contributed by atoms with Gasteiger partial charge < -0.3 is 15.4 Å². The van der Waals surface area contributed by atoms with Crippen LogP contribution in [0.25, 0.3) is 0 Å². The number of allylic oxidation sites excluding steroid dienone is 1. The number of carbonyl (C=O) groups is 2. The van der Waals surface area contributed by atoms with Gasteiger partial charge in [-0.2, -0.15) is 0 Å². The smallest absolute Gasteiger partial charge is 0.338 e. The summed E-state index contributed by atoms with van der Waals surface area (Å²) in [5.41, 5.74) is 3.12. The largest absolute Gasteiger partial charge is 0.463 e. The Labute approximate surface area is 137 Å². The summed E-state index contributed by atoms with van der Waals surface area (Å²) in [7, 11) is 0. The maximum atomic E-state index is 12.2. The van der Waals surface area contributed by atoms with Crippen molar-refractivity contribution in [2.24, 2.45) is 0 Å². The van der Waals surface area contributed by atoms with E-state index >= 15 is 0 Å². The van der Waals surface area contributed by atoms with Gasteiger partial charge in [-0.05, 0) is 37.8 Å². The third-order valence-corrected chi connectivity index (χ3v) is 3.90. The summed E-state index contributed by atoms with van der Waals surface area (Å²) in [5.74, 6) is -0.405. The van der Waals surface area contributed by atoms with Crippen molar-refractivity contribution in [2.75, 3.05) is 6.61 Å². The molecule has 1 aromatic rings. The molecule has 0 aliphatic carbocycles. The lowest BCUT2D eigenvalue weighted by Gasteiger charge is -2.28. The first kappa shape index (κ1) is 17.1. The van der Waals surface area contributed by atoms with Gasteiger partial charge in [0.05, 0.1) is 18.2 Å². The van der Waals surface area contributed by atoms with Gasteiger partial charge in [-0.3, -0.25) is 0 Å². The number of hydrogen-bond acceptors (Lipinski definition) is 3. The second-order valence-electron chi connectivity index (χ2n) is 5.64. The molecule has 1 aliphatic rings. The highest BCUT2D eigenvalue weighted by atomic mass is 16.5. The van der Waals surface area contributed by atoms with Crippen LogP contribution in [0.1, 0.15) is 50.8 Å². The van der Waals surface area contributed by atoms with E-state index in [0.29, 0.717) is 17.9 Å². The van der Waals surface area contributed by atoms with E-state index in [0.717, 1.165) is 24.8 Å². The highest BCUT2D eigenvalue weighted by molar-refractivity contribution is 5.95. The maximum Gasteiger partial charge on any atom is 0.338 e. The summed E-state index contributed by atoms with van der Waals surface area (Å²) in [6, 6.07) is 7.24. The Morgan fingerprint density at radius 2 is 1.91 bits per heavy atom. The van der Waals surface area contributed by atoms with E-state index in [1.807, 2.05) is 12.1 Å². The molecular weight excluding hydrogens is 292 g/mol. The van der Waals surface area contributed by atoms with Gasteiger partial charge in [-0.25, -0.2) is 9.59 Å². The molecule has 2 rings (SSSR count). The van der Waals surface area contributed by atoms with Gasteiger partial charge in [-0.1, -0.05) is 37.6 Å². The number of benzene rings is 1. The molecule has 0 spiro atoms. The second-order valence-corrected chi connectivity index (χ2v) is 5.64. The fraction of sp³-hybridized carbons (Fsp3) is 0.444. The number of unbranched alkanes of at least 4 members (excludes halogenated alkanes) is 1. The molecule has 1 aromatic carbocycles. The number of carbonyl (C=O) groups excluding carboxylic acids is 2. The second kappa shape index (κ2) is 7.81. The number of ether oxygens (including phenoxy) is 1. The summed E-state index contributed by atoms with van der Waals surface area (Å²) < 4.78 is 5.13. The third kappa shape index (κ3) is 4.12. The molecule has 124 valence electrons. The Morgan fingerprint density at radius 3 is 2.52 bits per heavy atom. The first-order valence-electron chi connectivity index (χ1n) is 8.11. The predicted molar refractivity (Wildman–Crippen MR) is 88.8 cm³/mol. The Bertz CT molecular complexity index is 605. The molecule has 0 fully saturated rings. The zero-order valence-corrected chi connectivity index (χ0v) is 13.9. The quantitative estimate of drug-likeness (QED) is 0.792. The SMILES string of the molecule is CCCCc1ccc([C@@H]2NC(=O)NC(C)=C2C(=O)OCC)cc1. The van der Waals surface area contributed by atoms with E-state index in [-0.39, 0.29) is 6.03 Å². The number of aryl methyl sites for hydroxylation is 1. The summed E-state index contributed by atoms with van der Waals surface area (Å²) in [5, 5.41) is 5.44. The molecule has 0 unspecified atom stereocenters. The van der Waals surface area contributed by atoms with Gasteiger partial charge in [0.1, 0.15) is 0 Å². The number of hydrogen-bond donors (Lipinski definition) is 2. The van der Waals surface area contributed by atoms with Gasteiger partial charge in [0.25, 0.3) is 0 Å². The van der Waals surface area contributed by atoms with Crippen LogP contribution in [0.15, 0.2) is 35.5 Å². The molecule has 0 saturated carbocycles. The van der Waals surface area contributed by atoms with Crippen molar-refractivity contribution in [3.63, 3.8) is 0 Å². The fourth-order valence-corrected chi connectivity index (χ4v) is 2.68. The zero-order valence-electron chi connectivity index (χ0n) is 13.9. The molecule has 1 heterocycles. The maximum absolute atomic E-state index is 12.2. The summed E-state index contributed by atoms with van der Waals surface area (Å²) in [6.07, 6.45) is 3.34. The number of urea groups is 1. The van der Waals surface area contributed by atoms with E-state index in [4.69, 9.17) is 4.74 Å². The minimum absolute atomic E-state index is 0.298. The van der Waals surface area contributed by atoms with Crippen molar-refractivity contribution >= 4 is 12.0 Å². The van der Waals surface area contributed by atoms with Crippen molar-refractivity contribution in [1.29, 1.82) is 0 Å². The van der Waals surface area contributed by atoms with Crippen LogP contribution in [0.4, 0.5) is 4.79 Å². The normalized spacial score (nSPS) is 17.5. The van der Waals surface area contributed by atoms with Crippen molar-refractivity contribution in [2.45, 2.75) is 46.1 Å². The molecule has 23 heavy (non-hydrogen) atoms. The highest BCUT2D eigenvalue weighted by Crippen LogP contribution is 2.28. The van der Waals surface area contributed by atoms with E-state index < -0.39 is 12.0 Å². The topological polar surface area (TPSA) is 67.4 Å². The number of amides is 2. The summed E-state index contributed by atoms with van der Waals surface area (Å²) in [6.45, 7) is 5.94. The monoisotopic (exact) mass is 316 g/mol.